The number of benzene rings is 2. The van der Waals surface area contributed by atoms with Gasteiger partial charge >= 0.3 is 11.9 Å². The van der Waals surface area contributed by atoms with Crippen LogP contribution in [0.2, 0.25) is 0 Å². The van der Waals surface area contributed by atoms with E-state index in [1.165, 1.54) is 0 Å². The minimum atomic E-state index is -0.964. The highest BCUT2D eigenvalue weighted by Crippen LogP contribution is 2.37. The van der Waals surface area contributed by atoms with Gasteiger partial charge in [-0.25, -0.2) is 14.6 Å². The number of carbonyl (C=O) groups is 2. The Morgan fingerprint density at radius 2 is 1.76 bits per heavy atom. The van der Waals surface area contributed by atoms with Crippen LogP contribution in [-0.4, -0.2) is 52.1 Å². The number of aromatic nitrogens is 1. The number of carbonyl (C=O) groups excluding carboxylic acids is 1. The van der Waals surface area contributed by atoms with Crippen molar-refractivity contribution in [3.8, 4) is 11.3 Å². The number of likely N-dealkylation sites (tertiary alicyclic amines) is 1. The van der Waals surface area contributed by atoms with Gasteiger partial charge in [-0.2, -0.15) is 0 Å². The SMILES string of the molecule is O=C(O)c1c(C[N+]2(C3CCNCC3)CCCCC2=O)c(-c2ccccc2)nc2ccccc12. The Morgan fingerprint density at radius 1 is 1.03 bits per heavy atom. The molecule has 1 aromatic heterocycles. The first-order valence-corrected chi connectivity index (χ1v) is 11.9. The molecule has 0 radical (unpaired) electrons. The zero-order valence-electron chi connectivity index (χ0n) is 18.8. The van der Waals surface area contributed by atoms with Crippen LogP contribution in [0.25, 0.3) is 22.2 Å². The predicted octanol–water partition coefficient (Wildman–Crippen LogP) is 4.38. The molecule has 2 aliphatic heterocycles. The molecule has 2 aliphatic rings. The number of rotatable bonds is 5. The fourth-order valence-electron chi connectivity index (χ4n) is 5.77. The number of quaternary nitrogens is 1. The summed E-state index contributed by atoms with van der Waals surface area (Å²) in [5, 5.41) is 14.4. The Balaban J connectivity index is 1.75. The number of hydrogen-bond donors (Lipinski definition) is 2. The molecule has 170 valence electrons. The first-order valence-electron chi connectivity index (χ1n) is 11.9. The molecule has 2 saturated heterocycles. The van der Waals surface area contributed by atoms with Crippen LogP contribution in [0.4, 0.5) is 0 Å². The molecule has 6 heteroatoms. The van der Waals surface area contributed by atoms with Gasteiger partial charge in [0.05, 0.1) is 35.8 Å². The molecule has 2 N–H and O–H groups in total. The first kappa shape index (κ1) is 21.7. The molecule has 5 rings (SSSR count). The van der Waals surface area contributed by atoms with E-state index >= 15 is 0 Å². The molecule has 2 aromatic carbocycles. The van der Waals surface area contributed by atoms with Crippen LogP contribution in [0.5, 0.6) is 0 Å². The number of amides is 1. The third kappa shape index (κ3) is 3.94. The van der Waals surface area contributed by atoms with Crippen molar-refractivity contribution >= 4 is 22.8 Å². The van der Waals surface area contributed by atoms with Crippen molar-refractivity contribution in [2.75, 3.05) is 19.6 Å². The summed E-state index contributed by atoms with van der Waals surface area (Å²) < 4.78 is 0.349. The van der Waals surface area contributed by atoms with Gasteiger partial charge in [0, 0.05) is 42.4 Å². The van der Waals surface area contributed by atoms with Gasteiger partial charge in [0.2, 0.25) is 0 Å². The van der Waals surface area contributed by atoms with Gasteiger partial charge in [0.25, 0.3) is 0 Å². The Hall–Kier alpha value is -3.09. The lowest BCUT2D eigenvalue weighted by molar-refractivity contribution is -0.896. The molecule has 2 fully saturated rings. The number of piperidine rings is 2. The largest absolute Gasteiger partial charge is 0.478 e. The van der Waals surface area contributed by atoms with E-state index in [0.29, 0.717) is 39.6 Å². The van der Waals surface area contributed by atoms with E-state index in [4.69, 9.17) is 4.98 Å². The van der Waals surface area contributed by atoms with E-state index in [9.17, 15) is 14.7 Å². The summed E-state index contributed by atoms with van der Waals surface area (Å²) in [4.78, 5) is 31.2. The second-order valence-electron chi connectivity index (χ2n) is 9.25. The molecular formula is C27H30N3O3+. The summed E-state index contributed by atoms with van der Waals surface area (Å²) in [5.41, 5.74) is 3.19. The molecule has 1 amide bonds. The van der Waals surface area contributed by atoms with Crippen molar-refractivity contribution in [2.24, 2.45) is 0 Å². The Kier molecular flexibility index (Phi) is 5.96. The number of nitrogens with one attached hydrogen (secondary N) is 1. The highest BCUT2D eigenvalue weighted by Gasteiger charge is 2.47. The molecule has 0 spiro atoms. The van der Waals surface area contributed by atoms with Gasteiger partial charge < -0.3 is 10.4 Å². The zero-order valence-corrected chi connectivity index (χ0v) is 18.8. The van der Waals surface area contributed by atoms with E-state index in [-0.39, 0.29) is 17.5 Å². The molecule has 6 nitrogen and oxygen atoms in total. The van der Waals surface area contributed by atoms with E-state index in [0.717, 1.165) is 50.9 Å². The molecule has 33 heavy (non-hydrogen) atoms. The van der Waals surface area contributed by atoms with E-state index in [1.54, 1.807) is 0 Å². The molecule has 1 atom stereocenters. The zero-order chi connectivity index (χ0) is 22.8. The molecule has 3 heterocycles. The summed E-state index contributed by atoms with van der Waals surface area (Å²) in [6.45, 7) is 2.94. The minimum Gasteiger partial charge on any atom is -0.478 e. The van der Waals surface area contributed by atoms with E-state index in [1.807, 2.05) is 54.6 Å². The number of pyridine rings is 1. The summed E-state index contributed by atoms with van der Waals surface area (Å²) in [7, 11) is 0. The minimum absolute atomic E-state index is 0.204. The Morgan fingerprint density at radius 3 is 2.48 bits per heavy atom. The lowest BCUT2D eigenvalue weighted by Crippen LogP contribution is -2.63. The Bertz CT molecular complexity index is 1190. The van der Waals surface area contributed by atoms with Gasteiger partial charge in [-0.15, -0.1) is 0 Å². The summed E-state index contributed by atoms with van der Waals surface area (Å²) >= 11 is 0. The predicted molar refractivity (Wildman–Crippen MR) is 128 cm³/mol. The lowest BCUT2D eigenvalue weighted by atomic mass is 9.91. The fourth-order valence-corrected chi connectivity index (χ4v) is 5.77. The third-order valence-corrected chi connectivity index (χ3v) is 7.40. The van der Waals surface area contributed by atoms with Crippen molar-refractivity contribution in [3.05, 3.63) is 65.7 Å². The van der Waals surface area contributed by atoms with Crippen LogP contribution in [0.1, 0.15) is 48.0 Å². The van der Waals surface area contributed by atoms with Gasteiger partial charge in [-0.05, 0) is 18.9 Å². The number of hydrogen-bond acceptors (Lipinski definition) is 4. The van der Waals surface area contributed by atoms with Gasteiger partial charge in [0.15, 0.2) is 0 Å². The number of nitrogens with zero attached hydrogens (tertiary/aromatic N) is 2. The van der Waals surface area contributed by atoms with Gasteiger partial charge in [-0.3, -0.25) is 4.48 Å². The second-order valence-corrected chi connectivity index (χ2v) is 9.25. The third-order valence-electron chi connectivity index (χ3n) is 7.40. The van der Waals surface area contributed by atoms with Crippen molar-refractivity contribution in [2.45, 2.75) is 44.7 Å². The normalized spacial score (nSPS) is 21.9. The number of carboxylic acids is 1. The number of para-hydroxylation sites is 1. The maximum Gasteiger partial charge on any atom is 0.336 e. The average molecular weight is 445 g/mol. The van der Waals surface area contributed by atoms with Gasteiger partial charge in [-0.1, -0.05) is 48.5 Å². The van der Waals surface area contributed by atoms with Crippen LogP contribution in [0.3, 0.4) is 0 Å². The number of aromatic carboxylic acids is 1. The van der Waals surface area contributed by atoms with Crippen LogP contribution >= 0.6 is 0 Å². The molecular weight excluding hydrogens is 414 g/mol. The molecule has 0 aliphatic carbocycles. The van der Waals surface area contributed by atoms with E-state index in [2.05, 4.69) is 5.32 Å². The highest BCUT2D eigenvalue weighted by atomic mass is 16.4. The maximum absolute atomic E-state index is 13.6. The lowest BCUT2D eigenvalue weighted by Gasteiger charge is -2.46. The highest BCUT2D eigenvalue weighted by molar-refractivity contribution is 6.05. The smallest absolute Gasteiger partial charge is 0.336 e. The van der Waals surface area contributed by atoms with Gasteiger partial charge in [0.1, 0.15) is 6.54 Å². The standard InChI is InChI=1S/C27H29N3O3/c31-24-12-6-7-17-30(24,20-13-15-28-16-14-20)18-22-25(27(32)33)21-10-4-5-11-23(21)29-26(22)19-8-2-1-3-9-19/h1-5,8-11,20,28H,6-7,12-18H2/p+1. The topological polar surface area (TPSA) is 79.3 Å². The van der Waals surface area contributed by atoms with Crippen molar-refractivity contribution in [1.82, 2.24) is 10.3 Å². The molecule has 0 saturated carbocycles. The second kappa shape index (κ2) is 9.04. The monoisotopic (exact) mass is 444 g/mol. The summed E-state index contributed by atoms with van der Waals surface area (Å²) in [6.07, 6.45) is 4.32. The quantitative estimate of drug-likeness (QED) is 0.571. The average Bonchev–Trinajstić information content (AvgIpc) is 2.86. The van der Waals surface area contributed by atoms with Crippen molar-refractivity contribution in [3.63, 3.8) is 0 Å². The number of fused-ring (bicyclic) bond motifs is 1. The molecule has 3 aromatic rings. The van der Waals surface area contributed by atoms with Crippen LogP contribution < -0.4 is 5.32 Å². The molecule has 0 bridgehead atoms. The number of carboxylic acid groups (broad SMARTS) is 1. The summed E-state index contributed by atoms with van der Waals surface area (Å²) in [5.74, 6) is -0.717. The molecule has 1 unspecified atom stereocenters. The Labute approximate surface area is 193 Å². The van der Waals surface area contributed by atoms with Crippen molar-refractivity contribution in [1.29, 1.82) is 0 Å². The summed E-state index contributed by atoms with van der Waals surface area (Å²) in [6, 6.07) is 17.4. The van der Waals surface area contributed by atoms with Crippen LogP contribution in [-0.2, 0) is 11.3 Å². The fraction of sp³-hybridized carbons (Fsp3) is 0.370. The first-order chi connectivity index (χ1) is 16.1. The van der Waals surface area contributed by atoms with Crippen molar-refractivity contribution < 1.29 is 19.2 Å². The van der Waals surface area contributed by atoms with Crippen LogP contribution in [0.15, 0.2) is 54.6 Å². The van der Waals surface area contributed by atoms with E-state index < -0.39 is 5.97 Å². The van der Waals surface area contributed by atoms with Crippen LogP contribution in [0, 0.1) is 0 Å². The maximum atomic E-state index is 13.6.